The average Bonchev–Trinajstić information content (AvgIpc) is 3.28. The molecule has 0 saturated carbocycles. The summed E-state index contributed by atoms with van der Waals surface area (Å²) >= 11 is 0. The zero-order chi connectivity index (χ0) is 18.2. The number of aryl methyl sites for hydroxylation is 1. The summed E-state index contributed by atoms with van der Waals surface area (Å²) in [5.74, 6) is -0.0101. The van der Waals surface area contributed by atoms with Crippen LogP contribution in [0.25, 0.3) is 0 Å². The lowest BCUT2D eigenvalue weighted by Gasteiger charge is -2.17. The number of urea groups is 1. The fourth-order valence-electron chi connectivity index (χ4n) is 3.08. The minimum atomic E-state index is -0.426. The van der Waals surface area contributed by atoms with Crippen molar-refractivity contribution in [3.63, 3.8) is 0 Å². The number of nitrogens with zero attached hydrogens (tertiary/aromatic N) is 3. The van der Waals surface area contributed by atoms with Gasteiger partial charge in [0.25, 0.3) is 0 Å². The molecule has 2 heterocycles. The molecule has 26 heavy (non-hydrogen) atoms. The van der Waals surface area contributed by atoms with Crippen molar-refractivity contribution in [2.24, 2.45) is 0 Å². The highest BCUT2D eigenvalue weighted by molar-refractivity contribution is 5.88. The summed E-state index contributed by atoms with van der Waals surface area (Å²) in [6.07, 6.45) is 7.96. The molecule has 0 radical (unpaired) electrons. The van der Waals surface area contributed by atoms with Crippen LogP contribution < -0.4 is 10.6 Å². The van der Waals surface area contributed by atoms with Crippen molar-refractivity contribution < 1.29 is 9.59 Å². The number of likely N-dealkylation sites (tertiary alicyclic amines) is 1. The Morgan fingerprint density at radius 2 is 2.08 bits per heavy atom. The number of imidazole rings is 1. The Balaban J connectivity index is 1.33. The zero-order valence-electron chi connectivity index (χ0n) is 14.8. The summed E-state index contributed by atoms with van der Waals surface area (Å²) in [6, 6.07) is 9.20. The van der Waals surface area contributed by atoms with Crippen LogP contribution in [0.4, 0.5) is 4.79 Å². The lowest BCUT2D eigenvalue weighted by Crippen LogP contribution is -2.46. The van der Waals surface area contributed by atoms with Crippen LogP contribution in [-0.4, -0.2) is 45.5 Å². The van der Waals surface area contributed by atoms with Gasteiger partial charge in [0.15, 0.2) is 0 Å². The molecule has 2 N–H and O–H groups in total. The first-order valence-electron chi connectivity index (χ1n) is 9.05. The Morgan fingerprint density at radius 1 is 1.23 bits per heavy atom. The van der Waals surface area contributed by atoms with E-state index in [-0.39, 0.29) is 11.9 Å². The first-order valence-corrected chi connectivity index (χ1v) is 9.05. The van der Waals surface area contributed by atoms with Gasteiger partial charge in [-0.3, -0.25) is 4.79 Å². The molecule has 3 rings (SSSR count). The number of rotatable bonds is 8. The van der Waals surface area contributed by atoms with Crippen molar-refractivity contribution in [1.29, 1.82) is 0 Å². The van der Waals surface area contributed by atoms with Crippen molar-refractivity contribution in [2.45, 2.75) is 38.4 Å². The van der Waals surface area contributed by atoms with Crippen LogP contribution in [0.1, 0.15) is 24.8 Å². The third kappa shape index (κ3) is 5.08. The van der Waals surface area contributed by atoms with Gasteiger partial charge in [-0.25, -0.2) is 9.78 Å². The topological polar surface area (TPSA) is 79.3 Å². The van der Waals surface area contributed by atoms with Crippen LogP contribution in [-0.2, 0) is 17.9 Å². The molecule has 7 nitrogen and oxygen atoms in total. The quantitative estimate of drug-likeness (QED) is 0.708. The van der Waals surface area contributed by atoms with Gasteiger partial charge < -0.3 is 20.1 Å². The van der Waals surface area contributed by atoms with Crippen molar-refractivity contribution >= 4 is 11.9 Å². The largest absolute Gasteiger partial charge is 0.338 e. The molecule has 1 aromatic heterocycles. The molecule has 1 atom stereocenters. The number of amides is 3. The van der Waals surface area contributed by atoms with Crippen LogP contribution in [0.2, 0.25) is 0 Å². The summed E-state index contributed by atoms with van der Waals surface area (Å²) in [4.78, 5) is 30.2. The number of carbonyl (C=O) groups excluding carboxylic acids is 2. The van der Waals surface area contributed by atoms with E-state index in [0.29, 0.717) is 26.1 Å². The minimum Gasteiger partial charge on any atom is -0.338 e. The third-order valence-electron chi connectivity index (χ3n) is 4.51. The van der Waals surface area contributed by atoms with Gasteiger partial charge >= 0.3 is 6.03 Å². The molecular formula is C19H25N5O2. The predicted octanol–water partition coefficient (Wildman–Crippen LogP) is 1.76. The van der Waals surface area contributed by atoms with E-state index in [4.69, 9.17) is 0 Å². The second-order valence-corrected chi connectivity index (χ2v) is 6.49. The maximum atomic E-state index is 12.4. The molecular weight excluding hydrogens is 330 g/mol. The monoisotopic (exact) mass is 355 g/mol. The van der Waals surface area contributed by atoms with Crippen LogP contribution in [0.15, 0.2) is 49.1 Å². The molecule has 7 heteroatoms. The van der Waals surface area contributed by atoms with Crippen molar-refractivity contribution in [1.82, 2.24) is 25.1 Å². The second-order valence-electron chi connectivity index (χ2n) is 6.49. The van der Waals surface area contributed by atoms with E-state index in [1.165, 1.54) is 0 Å². The molecule has 1 aliphatic rings. The Hall–Kier alpha value is -2.83. The van der Waals surface area contributed by atoms with Crippen LogP contribution in [0, 0.1) is 0 Å². The fourth-order valence-corrected chi connectivity index (χ4v) is 3.08. The summed E-state index contributed by atoms with van der Waals surface area (Å²) in [5.41, 5.74) is 1.10. The Kier molecular flexibility index (Phi) is 6.24. The lowest BCUT2D eigenvalue weighted by molar-refractivity contribution is -0.129. The number of unbranched alkanes of at least 4 members (excludes halogenated alkanes) is 1. The van der Waals surface area contributed by atoms with Gasteiger partial charge in [-0.15, -0.1) is 0 Å². The number of hydrogen-bond donors (Lipinski definition) is 2. The normalized spacial score (nSPS) is 16.7. The SMILES string of the molecule is O=C(NCCCCn1ccnc1)NC1CCN(Cc2ccccc2)C1=O. The predicted molar refractivity (Wildman–Crippen MR) is 98.3 cm³/mol. The number of hydrogen-bond acceptors (Lipinski definition) is 3. The van der Waals surface area contributed by atoms with Gasteiger partial charge in [0.2, 0.25) is 5.91 Å². The van der Waals surface area contributed by atoms with Crippen molar-refractivity contribution in [3.05, 3.63) is 54.6 Å². The second kappa shape index (κ2) is 9.03. The average molecular weight is 355 g/mol. The number of benzene rings is 1. The van der Waals surface area contributed by atoms with E-state index < -0.39 is 6.04 Å². The third-order valence-corrected chi connectivity index (χ3v) is 4.51. The number of aromatic nitrogens is 2. The minimum absolute atomic E-state index is 0.0101. The van der Waals surface area contributed by atoms with E-state index in [9.17, 15) is 9.59 Å². The van der Waals surface area contributed by atoms with Gasteiger partial charge in [0.1, 0.15) is 6.04 Å². The highest BCUT2D eigenvalue weighted by Gasteiger charge is 2.32. The summed E-state index contributed by atoms with van der Waals surface area (Å²) in [6.45, 7) is 2.74. The molecule has 0 aliphatic carbocycles. The molecule has 1 unspecified atom stereocenters. The maximum Gasteiger partial charge on any atom is 0.315 e. The molecule has 0 spiro atoms. The molecule has 3 amide bonds. The molecule has 2 aromatic rings. The molecule has 0 bridgehead atoms. The molecule has 1 saturated heterocycles. The van der Waals surface area contributed by atoms with E-state index >= 15 is 0 Å². The summed E-state index contributed by atoms with van der Waals surface area (Å²) < 4.78 is 2.01. The highest BCUT2D eigenvalue weighted by atomic mass is 16.2. The Bertz CT molecular complexity index is 702. The first-order chi connectivity index (χ1) is 12.7. The van der Waals surface area contributed by atoms with Crippen LogP contribution >= 0.6 is 0 Å². The van der Waals surface area contributed by atoms with E-state index in [1.54, 1.807) is 17.4 Å². The van der Waals surface area contributed by atoms with Gasteiger partial charge in [-0.2, -0.15) is 0 Å². The van der Waals surface area contributed by atoms with Crippen LogP contribution in [0.3, 0.4) is 0 Å². The molecule has 138 valence electrons. The highest BCUT2D eigenvalue weighted by Crippen LogP contribution is 2.15. The molecule has 1 aliphatic heterocycles. The number of nitrogens with one attached hydrogen (secondary N) is 2. The lowest BCUT2D eigenvalue weighted by atomic mass is 10.2. The van der Waals surface area contributed by atoms with Gasteiger partial charge in [0, 0.05) is 38.6 Å². The van der Waals surface area contributed by atoms with E-state index in [0.717, 1.165) is 24.9 Å². The summed E-state index contributed by atoms with van der Waals surface area (Å²) in [7, 11) is 0. The van der Waals surface area contributed by atoms with Crippen molar-refractivity contribution in [3.8, 4) is 0 Å². The zero-order valence-corrected chi connectivity index (χ0v) is 14.8. The van der Waals surface area contributed by atoms with E-state index in [1.807, 2.05) is 41.1 Å². The van der Waals surface area contributed by atoms with Gasteiger partial charge in [-0.05, 0) is 24.8 Å². The number of carbonyl (C=O) groups is 2. The van der Waals surface area contributed by atoms with Gasteiger partial charge in [0.05, 0.1) is 6.33 Å². The van der Waals surface area contributed by atoms with Crippen molar-refractivity contribution in [2.75, 3.05) is 13.1 Å². The molecule has 1 aromatic carbocycles. The fraction of sp³-hybridized carbons (Fsp3) is 0.421. The van der Waals surface area contributed by atoms with Crippen LogP contribution in [0.5, 0.6) is 0 Å². The Morgan fingerprint density at radius 3 is 2.85 bits per heavy atom. The standard InChI is InChI=1S/C19H25N5O2/c25-18-17(8-12-24(18)14-16-6-2-1-3-7-16)22-19(26)21-9-4-5-11-23-13-10-20-15-23/h1-3,6-7,10,13,15,17H,4-5,8-9,11-12,14H2,(H2,21,22,26). The van der Waals surface area contributed by atoms with E-state index in [2.05, 4.69) is 15.6 Å². The smallest absolute Gasteiger partial charge is 0.315 e. The molecule has 1 fully saturated rings. The maximum absolute atomic E-state index is 12.4. The van der Waals surface area contributed by atoms with Gasteiger partial charge in [-0.1, -0.05) is 30.3 Å². The summed E-state index contributed by atoms with van der Waals surface area (Å²) in [5, 5.41) is 5.62. The first kappa shape index (κ1) is 18.0. The Labute approximate surface area is 153 Å².